The summed E-state index contributed by atoms with van der Waals surface area (Å²) < 4.78 is 0. The van der Waals surface area contributed by atoms with E-state index in [1.165, 1.54) is 22.5 Å². The quantitative estimate of drug-likeness (QED) is 0.435. The van der Waals surface area contributed by atoms with Gasteiger partial charge in [-0.15, -0.1) is 11.3 Å². The third-order valence-corrected chi connectivity index (χ3v) is 5.68. The summed E-state index contributed by atoms with van der Waals surface area (Å²) in [6.45, 7) is 4.16. The van der Waals surface area contributed by atoms with E-state index >= 15 is 0 Å². The Labute approximate surface area is 175 Å². The number of hydrogen-bond donors (Lipinski definition) is 1. The van der Waals surface area contributed by atoms with Crippen molar-refractivity contribution in [2.24, 2.45) is 0 Å². The normalized spacial score (nSPS) is 10.9. The van der Waals surface area contributed by atoms with Gasteiger partial charge in [0.25, 0.3) is 0 Å². The highest BCUT2D eigenvalue weighted by atomic mass is 32.1. The number of nitrogens with one attached hydrogen (secondary N) is 1. The lowest BCUT2D eigenvalue weighted by Crippen LogP contribution is -2.22. The second-order valence-corrected chi connectivity index (χ2v) is 7.96. The van der Waals surface area contributed by atoms with Crippen LogP contribution < -0.4 is 5.32 Å². The van der Waals surface area contributed by atoms with Crippen LogP contribution in [0.15, 0.2) is 84.2 Å². The van der Waals surface area contributed by atoms with Crippen LogP contribution >= 0.6 is 11.3 Å². The number of benzene rings is 3. The Hall–Kier alpha value is -3.24. The molecule has 0 bridgehead atoms. The summed E-state index contributed by atoms with van der Waals surface area (Å²) >= 11 is 1.45. The average molecular weight is 399 g/mol. The Kier molecular flexibility index (Phi) is 5.54. The number of nitrogens with zero attached hydrogens (tertiary/aromatic N) is 1. The number of rotatable bonds is 5. The van der Waals surface area contributed by atoms with E-state index in [1.807, 2.05) is 66.0 Å². The molecule has 0 fully saturated rings. The first-order chi connectivity index (χ1) is 14.1. The number of carbonyl (C=O) groups excluding carboxylic acids is 1. The van der Waals surface area contributed by atoms with E-state index in [4.69, 9.17) is 0 Å². The third-order valence-electron chi connectivity index (χ3n) is 4.92. The summed E-state index contributed by atoms with van der Waals surface area (Å²) in [5.74, 6) is -0.463. The largest absolute Gasteiger partial charge is 0.301 e. The Morgan fingerprint density at radius 2 is 1.52 bits per heavy atom. The molecule has 0 saturated heterocycles. The summed E-state index contributed by atoms with van der Waals surface area (Å²) in [4.78, 5) is 17.9. The Balaban J connectivity index is 1.61. The molecule has 4 rings (SSSR count). The van der Waals surface area contributed by atoms with Crippen molar-refractivity contribution in [3.05, 3.63) is 106 Å². The van der Waals surface area contributed by atoms with Gasteiger partial charge in [-0.1, -0.05) is 84.4 Å². The maximum atomic E-state index is 13.2. The second kappa shape index (κ2) is 8.41. The highest BCUT2D eigenvalue weighted by Crippen LogP contribution is 2.30. The van der Waals surface area contributed by atoms with Gasteiger partial charge in [0.15, 0.2) is 5.13 Å². The van der Waals surface area contributed by atoms with Crippen molar-refractivity contribution in [3.8, 4) is 11.3 Å². The van der Waals surface area contributed by atoms with Crippen LogP contribution in [0.2, 0.25) is 0 Å². The maximum Gasteiger partial charge on any atom is 0.238 e. The number of aryl methyl sites for hydroxylation is 2. The molecule has 0 saturated carbocycles. The molecule has 1 heterocycles. The van der Waals surface area contributed by atoms with Crippen molar-refractivity contribution < 1.29 is 4.79 Å². The molecule has 4 aromatic rings. The zero-order chi connectivity index (χ0) is 20.2. The van der Waals surface area contributed by atoms with Crippen LogP contribution in [-0.4, -0.2) is 10.9 Å². The minimum atomic E-state index is -0.383. The zero-order valence-corrected chi connectivity index (χ0v) is 17.2. The summed E-state index contributed by atoms with van der Waals surface area (Å²) in [6, 6.07) is 26.0. The van der Waals surface area contributed by atoms with Gasteiger partial charge >= 0.3 is 0 Å². The monoisotopic (exact) mass is 398 g/mol. The Morgan fingerprint density at radius 1 is 0.897 bits per heavy atom. The summed E-state index contributed by atoms with van der Waals surface area (Å²) in [6.07, 6.45) is 0. The maximum absolute atomic E-state index is 13.2. The van der Waals surface area contributed by atoms with Gasteiger partial charge in [-0.2, -0.15) is 0 Å². The summed E-state index contributed by atoms with van der Waals surface area (Å²) in [7, 11) is 0. The molecule has 0 unspecified atom stereocenters. The molecule has 3 nitrogen and oxygen atoms in total. The topological polar surface area (TPSA) is 42.0 Å². The SMILES string of the molecule is Cc1ccc(-c2csc(NC(=O)C(c3ccccc3)c3ccccc3)n2)c(C)c1. The van der Waals surface area contributed by atoms with Crippen LogP contribution in [0.1, 0.15) is 28.2 Å². The molecule has 29 heavy (non-hydrogen) atoms. The number of carbonyl (C=O) groups is 1. The van der Waals surface area contributed by atoms with Crippen molar-refractivity contribution in [1.29, 1.82) is 0 Å². The lowest BCUT2D eigenvalue weighted by atomic mass is 9.90. The Morgan fingerprint density at radius 3 is 2.10 bits per heavy atom. The molecular weight excluding hydrogens is 376 g/mol. The van der Waals surface area contributed by atoms with Gasteiger partial charge in [-0.05, 0) is 30.5 Å². The van der Waals surface area contributed by atoms with Gasteiger partial charge in [0.05, 0.1) is 11.6 Å². The van der Waals surface area contributed by atoms with E-state index < -0.39 is 0 Å². The minimum Gasteiger partial charge on any atom is -0.301 e. The molecule has 0 aliphatic heterocycles. The van der Waals surface area contributed by atoms with E-state index in [1.54, 1.807) is 0 Å². The van der Waals surface area contributed by atoms with Gasteiger partial charge in [0, 0.05) is 10.9 Å². The van der Waals surface area contributed by atoms with Crippen LogP contribution in [0, 0.1) is 13.8 Å². The van der Waals surface area contributed by atoms with Gasteiger partial charge < -0.3 is 5.32 Å². The molecule has 0 spiro atoms. The first-order valence-electron chi connectivity index (χ1n) is 9.56. The molecule has 1 N–H and O–H groups in total. The molecule has 3 aromatic carbocycles. The third kappa shape index (κ3) is 4.28. The smallest absolute Gasteiger partial charge is 0.238 e. The fourth-order valence-corrected chi connectivity index (χ4v) is 4.23. The molecule has 0 aliphatic rings. The first-order valence-corrected chi connectivity index (χ1v) is 10.4. The first kappa shape index (κ1) is 19.1. The predicted octanol–water partition coefficient (Wildman–Crippen LogP) is 6.20. The van der Waals surface area contributed by atoms with Crippen molar-refractivity contribution in [2.75, 3.05) is 5.32 Å². The summed E-state index contributed by atoms with van der Waals surface area (Å²) in [5.41, 5.74) is 6.31. The number of anilines is 1. The summed E-state index contributed by atoms with van der Waals surface area (Å²) in [5, 5.41) is 5.63. The van der Waals surface area contributed by atoms with Gasteiger partial charge in [-0.25, -0.2) is 4.98 Å². The number of hydrogen-bond acceptors (Lipinski definition) is 3. The number of aromatic nitrogens is 1. The van der Waals surface area contributed by atoms with E-state index in [0.717, 1.165) is 22.4 Å². The minimum absolute atomic E-state index is 0.0797. The molecule has 0 radical (unpaired) electrons. The lowest BCUT2D eigenvalue weighted by Gasteiger charge is -2.17. The zero-order valence-electron chi connectivity index (χ0n) is 16.4. The van der Waals surface area contributed by atoms with E-state index in [0.29, 0.717) is 5.13 Å². The molecule has 4 heteroatoms. The fraction of sp³-hybridized carbons (Fsp3) is 0.120. The second-order valence-electron chi connectivity index (χ2n) is 7.10. The number of thiazole rings is 1. The van der Waals surface area contributed by atoms with Crippen molar-refractivity contribution in [3.63, 3.8) is 0 Å². The highest BCUT2D eigenvalue weighted by Gasteiger charge is 2.23. The van der Waals surface area contributed by atoms with E-state index in [2.05, 4.69) is 42.3 Å². The van der Waals surface area contributed by atoms with E-state index in [9.17, 15) is 4.79 Å². The molecule has 0 aliphatic carbocycles. The van der Waals surface area contributed by atoms with Gasteiger partial charge in [0.2, 0.25) is 5.91 Å². The van der Waals surface area contributed by atoms with E-state index in [-0.39, 0.29) is 11.8 Å². The van der Waals surface area contributed by atoms with Gasteiger partial charge in [0.1, 0.15) is 0 Å². The van der Waals surface area contributed by atoms with Crippen LogP contribution in [0.4, 0.5) is 5.13 Å². The van der Waals surface area contributed by atoms with Crippen LogP contribution in [-0.2, 0) is 4.79 Å². The standard InChI is InChI=1S/C25H22N2OS/c1-17-13-14-21(18(2)15-17)22-16-29-25(26-22)27-24(28)23(19-9-5-3-6-10-19)20-11-7-4-8-12-20/h3-16,23H,1-2H3,(H,26,27,28). The molecular formula is C25H22N2OS. The fourth-order valence-electron chi connectivity index (χ4n) is 3.52. The van der Waals surface area contributed by atoms with Gasteiger partial charge in [-0.3, -0.25) is 4.79 Å². The lowest BCUT2D eigenvalue weighted by molar-refractivity contribution is -0.116. The van der Waals surface area contributed by atoms with Crippen LogP contribution in [0.3, 0.4) is 0 Å². The van der Waals surface area contributed by atoms with Crippen LogP contribution in [0.25, 0.3) is 11.3 Å². The number of amides is 1. The molecule has 1 aromatic heterocycles. The average Bonchev–Trinajstić information content (AvgIpc) is 3.18. The molecule has 1 amide bonds. The predicted molar refractivity (Wildman–Crippen MR) is 120 cm³/mol. The highest BCUT2D eigenvalue weighted by molar-refractivity contribution is 7.14. The molecule has 0 atom stereocenters. The van der Waals surface area contributed by atoms with Crippen molar-refractivity contribution in [2.45, 2.75) is 19.8 Å². The molecule has 144 valence electrons. The van der Waals surface area contributed by atoms with Crippen molar-refractivity contribution >= 4 is 22.4 Å². The Bertz CT molecular complexity index is 1080. The van der Waals surface area contributed by atoms with Crippen LogP contribution in [0.5, 0.6) is 0 Å². The van der Waals surface area contributed by atoms with Crippen molar-refractivity contribution in [1.82, 2.24) is 4.98 Å².